The number of carbonyl (C=O) groups excluding carboxylic acids is 2. The van der Waals surface area contributed by atoms with Crippen molar-refractivity contribution in [1.82, 2.24) is 15.1 Å². The molecule has 2 aliphatic rings. The van der Waals surface area contributed by atoms with Crippen molar-refractivity contribution in [2.75, 3.05) is 39.4 Å². The Kier molecular flexibility index (Phi) is 9.28. The molecule has 0 radical (unpaired) electrons. The zero-order valence-corrected chi connectivity index (χ0v) is 23.2. The molecule has 2 aliphatic heterocycles. The van der Waals surface area contributed by atoms with E-state index in [1.807, 2.05) is 36.9 Å². The van der Waals surface area contributed by atoms with Crippen LogP contribution >= 0.6 is 11.6 Å². The number of nitrogens with zero attached hydrogens (tertiary/aromatic N) is 2. The molecule has 2 aromatic carbocycles. The van der Waals surface area contributed by atoms with Gasteiger partial charge in [0.2, 0.25) is 11.8 Å². The van der Waals surface area contributed by atoms with Crippen molar-refractivity contribution in [3.05, 3.63) is 63.9 Å². The Morgan fingerprint density at radius 2 is 1.87 bits per heavy atom. The van der Waals surface area contributed by atoms with Crippen molar-refractivity contribution < 1.29 is 23.5 Å². The number of morpholine rings is 1. The van der Waals surface area contributed by atoms with E-state index in [0.29, 0.717) is 50.1 Å². The van der Waals surface area contributed by atoms with E-state index < -0.39 is 5.60 Å². The summed E-state index contributed by atoms with van der Waals surface area (Å²) in [5.74, 6) is 0.369. The number of nitrogens with one attached hydrogen (secondary N) is 1. The highest BCUT2D eigenvalue weighted by Crippen LogP contribution is 2.30. The molecule has 38 heavy (non-hydrogen) atoms. The quantitative estimate of drug-likeness (QED) is 0.536. The summed E-state index contributed by atoms with van der Waals surface area (Å²) in [7, 11) is 0. The van der Waals surface area contributed by atoms with Crippen molar-refractivity contribution >= 4 is 23.4 Å². The summed E-state index contributed by atoms with van der Waals surface area (Å²) in [6.07, 6.45) is 1.62. The van der Waals surface area contributed by atoms with Crippen LogP contribution in [0.3, 0.4) is 0 Å². The van der Waals surface area contributed by atoms with Crippen LogP contribution in [-0.2, 0) is 20.9 Å². The Bertz CT molecular complexity index is 1130. The van der Waals surface area contributed by atoms with Gasteiger partial charge < -0.3 is 19.7 Å². The van der Waals surface area contributed by atoms with Crippen molar-refractivity contribution in [1.29, 1.82) is 0 Å². The molecule has 0 spiro atoms. The van der Waals surface area contributed by atoms with Crippen LogP contribution in [0.1, 0.15) is 42.9 Å². The minimum atomic E-state index is -0.863. The highest BCUT2D eigenvalue weighted by molar-refractivity contribution is 6.32. The summed E-state index contributed by atoms with van der Waals surface area (Å²) >= 11 is 6.34. The van der Waals surface area contributed by atoms with Crippen LogP contribution in [0, 0.1) is 19.7 Å². The highest BCUT2D eigenvalue weighted by Gasteiger charge is 2.41. The first-order valence-corrected chi connectivity index (χ1v) is 13.6. The van der Waals surface area contributed by atoms with Crippen molar-refractivity contribution in [3.63, 3.8) is 0 Å². The lowest BCUT2D eigenvalue weighted by atomic mass is 9.95. The number of benzene rings is 2. The lowest BCUT2D eigenvalue weighted by Gasteiger charge is -2.43. The van der Waals surface area contributed by atoms with Crippen molar-refractivity contribution in [3.8, 4) is 5.75 Å². The van der Waals surface area contributed by atoms with Crippen LogP contribution in [0.5, 0.6) is 5.75 Å². The van der Waals surface area contributed by atoms with Gasteiger partial charge in [0, 0.05) is 50.7 Å². The van der Waals surface area contributed by atoms with Gasteiger partial charge in [-0.15, -0.1) is 0 Å². The normalized spacial score (nSPS) is 20.8. The van der Waals surface area contributed by atoms with E-state index in [0.717, 1.165) is 29.5 Å². The minimum Gasteiger partial charge on any atom is -0.490 e. The predicted octanol–water partition coefficient (Wildman–Crippen LogP) is 4.26. The van der Waals surface area contributed by atoms with Gasteiger partial charge in [-0.2, -0.15) is 0 Å². The third-order valence-electron chi connectivity index (χ3n) is 7.26. The van der Waals surface area contributed by atoms with Crippen molar-refractivity contribution in [2.24, 2.45) is 0 Å². The Balaban J connectivity index is 1.48. The smallest absolute Gasteiger partial charge is 0.225 e. The molecule has 2 fully saturated rings. The number of rotatable bonds is 8. The van der Waals surface area contributed by atoms with Crippen LogP contribution < -0.4 is 10.1 Å². The lowest BCUT2D eigenvalue weighted by molar-refractivity contribution is -0.157. The number of ether oxygens (including phenoxy) is 2. The maximum absolute atomic E-state index is 13.8. The molecule has 0 saturated carbocycles. The first-order valence-electron chi connectivity index (χ1n) is 13.2. The number of aryl methyl sites for hydroxylation is 2. The summed E-state index contributed by atoms with van der Waals surface area (Å²) in [6.45, 7) is 8.90. The molecular weight excluding hydrogens is 509 g/mol. The number of amides is 2. The van der Waals surface area contributed by atoms with Gasteiger partial charge >= 0.3 is 0 Å². The fraction of sp³-hybridized carbons (Fsp3) is 0.517. The van der Waals surface area contributed by atoms with Crippen LogP contribution in [0.2, 0.25) is 5.02 Å². The molecule has 2 saturated heterocycles. The molecule has 2 heterocycles. The molecule has 1 N–H and O–H groups in total. The Hall–Kier alpha value is -2.68. The minimum absolute atomic E-state index is 0.00551. The maximum atomic E-state index is 13.8. The molecule has 0 aliphatic carbocycles. The third-order valence-corrected chi connectivity index (χ3v) is 7.86. The summed E-state index contributed by atoms with van der Waals surface area (Å²) < 4.78 is 26.4. The SMILES string of the molecule is CC(=O)NC1CCN(C(=O)C[C@]2(COc3cc(C)c(Cl)c(C)c3)CN(Cc3cccc(F)c3)CCO2)CC1. The molecule has 0 unspecified atom stereocenters. The van der Waals surface area contributed by atoms with Crippen molar-refractivity contribution in [2.45, 2.75) is 58.2 Å². The topological polar surface area (TPSA) is 71.1 Å². The summed E-state index contributed by atoms with van der Waals surface area (Å²) in [5, 5.41) is 3.66. The van der Waals surface area contributed by atoms with Gasteiger partial charge in [-0.05, 0) is 67.6 Å². The third kappa shape index (κ3) is 7.46. The van der Waals surface area contributed by atoms with Crippen LogP contribution in [-0.4, -0.2) is 72.6 Å². The maximum Gasteiger partial charge on any atom is 0.225 e. The van der Waals surface area contributed by atoms with E-state index in [-0.39, 0.29) is 36.7 Å². The predicted molar refractivity (Wildman–Crippen MR) is 145 cm³/mol. The molecule has 1 atom stereocenters. The van der Waals surface area contributed by atoms with Crippen LogP contribution in [0.4, 0.5) is 4.39 Å². The van der Waals surface area contributed by atoms with Gasteiger partial charge in [-0.25, -0.2) is 4.39 Å². The van der Waals surface area contributed by atoms with Gasteiger partial charge in [0.05, 0.1) is 13.0 Å². The van der Waals surface area contributed by atoms with E-state index in [1.54, 1.807) is 6.07 Å². The zero-order valence-electron chi connectivity index (χ0n) is 22.4. The van der Waals surface area contributed by atoms with E-state index in [4.69, 9.17) is 21.1 Å². The van der Waals surface area contributed by atoms with E-state index in [9.17, 15) is 14.0 Å². The molecule has 2 aromatic rings. The van der Waals surface area contributed by atoms with Gasteiger partial charge in [-0.3, -0.25) is 14.5 Å². The largest absolute Gasteiger partial charge is 0.490 e. The second kappa shape index (κ2) is 12.5. The second-order valence-corrected chi connectivity index (χ2v) is 10.9. The fourth-order valence-electron chi connectivity index (χ4n) is 5.35. The summed E-state index contributed by atoms with van der Waals surface area (Å²) in [5.41, 5.74) is 1.85. The molecule has 0 aromatic heterocycles. The molecule has 206 valence electrons. The Morgan fingerprint density at radius 1 is 1.16 bits per heavy atom. The first-order chi connectivity index (χ1) is 18.1. The zero-order chi connectivity index (χ0) is 27.3. The van der Waals surface area contributed by atoms with Gasteiger partial charge in [-0.1, -0.05) is 23.7 Å². The number of hydrogen-bond acceptors (Lipinski definition) is 5. The van der Waals surface area contributed by atoms with Gasteiger partial charge in [0.15, 0.2) is 0 Å². The number of halogens is 2. The lowest BCUT2D eigenvalue weighted by Crippen LogP contribution is -2.57. The average molecular weight is 546 g/mol. The summed E-state index contributed by atoms with van der Waals surface area (Å²) in [6, 6.07) is 10.5. The van der Waals surface area contributed by atoms with E-state index in [1.165, 1.54) is 19.1 Å². The van der Waals surface area contributed by atoms with Gasteiger partial charge in [0.1, 0.15) is 23.8 Å². The standard InChI is InChI=1S/C29H37ClFN3O4/c1-20-13-26(14-21(2)28(20)30)37-19-29(16-27(36)34-9-7-25(8-10-34)32-22(3)35)18-33(11-12-38-29)17-23-5-4-6-24(31)15-23/h4-6,13-15,25H,7-12,16-19H2,1-3H3,(H,32,35)/t29-/m1/s1. The Morgan fingerprint density at radius 3 is 2.53 bits per heavy atom. The number of likely N-dealkylation sites (tertiary alicyclic amines) is 1. The molecule has 7 nitrogen and oxygen atoms in total. The number of carbonyl (C=O) groups is 2. The van der Waals surface area contributed by atoms with E-state index >= 15 is 0 Å². The Labute approximate surface area is 229 Å². The average Bonchev–Trinajstić information content (AvgIpc) is 2.86. The molecule has 9 heteroatoms. The summed E-state index contributed by atoms with van der Waals surface area (Å²) in [4.78, 5) is 28.9. The first kappa shape index (κ1) is 28.3. The van der Waals surface area contributed by atoms with Crippen LogP contribution in [0.25, 0.3) is 0 Å². The van der Waals surface area contributed by atoms with Crippen LogP contribution in [0.15, 0.2) is 36.4 Å². The van der Waals surface area contributed by atoms with E-state index in [2.05, 4.69) is 10.2 Å². The molecule has 0 bridgehead atoms. The fourth-order valence-corrected chi connectivity index (χ4v) is 5.46. The number of hydrogen-bond donors (Lipinski definition) is 1. The second-order valence-electron chi connectivity index (χ2n) is 10.6. The monoisotopic (exact) mass is 545 g/mol. The van der Waals surface area contributed by atoms with Gasteiger partial charge in [0.25, 0.3) is 0 Å². The highest BCUT2D eigenvalue weighted by atomic mass is 35.5. The molecular formula is C29H37ClFN3O4. The number of piperidine rings is 1. The molecule has 4 rings (SSSR count). The molecule has 2 amide bonds.